The second-order valence-electron chi connectivity index (χ2n) is 5.10. The maximum Gasteiger partial charge on any atom is 0.437 e. The number of ketones is 1. The lowest BCUT2D eigenvalue weighted by molar-refractivity contribution is -0.290. The Morgan fingerprint density at radius 1 is 1.26 bits per heavy atom. The number of nitrogens with one attached hydrogen (secondary N) is 2. The van der Waals surface area contributed by atoms with Gasteiger partial charge in [-0.2, -0.15) is 13.2 Å². The zero-order valence-corrected chi connectivity index (χ0v) is 11.5. The second-order valence-corrected chi connectivity index (χ2v) is 5.10. The molecule has 1 aromatic rings. The highest BCUT2D eigenvalue weighted by Gasteiger charge is 2.65. The molecule has 2 rings (SSSR count). The molecule has 1 aliphatic heterocycles. The van der Waals surface area contributed by atoms with Crippen LogP contribution in [0, 0.1) is 17.6 Å². The highest BCUT2D eigenvalue weighted by atomic mass is 19.4. The van der Waals surface area contributed by atoms with Crippen molar-refractivity contribution < 1.29 is 36.6 Å². The third-order valence-corrected chi connectivity index (χ3v) is 3.55. The van der Waals surface area contributed by atoms with Crippen LogP contribution in [0.15, 0.2) is 18.2 Å². The van der Waals surface area contributed by atoms with Gasteiger partial charge >= 0.3 is 12.2 Å². The van der Waals surface area contributed by atoms with E-state index in [0.717, 1.165) is 13.0 Å². The maximum absolute atomic E-state index is 13.3. The van der Waals surface area contributed by atoms with E-state index >= 15 is 0 Å². The van der Waals surface area contributed by atoms with Gasteiger partial charge in [-0.15, -0.1) is 0 Å². The van der Waals surface area contributed by atoms with Crippen molar-refractivity contribution in [1.29, 1.82) is 0 Å². The van der Waals surface area contributed by atoms with Crippen LogP contribution in [0.5, 0.6) is 0 Å². The van der Waals surface area contributed by atoms with Gasteiger partial charge in [0.15, 0.2) is 11.6 Å². The molecule has 1 heterocycles. The van der Waals surface area contributed by atoms with Crippen molar-refractivity contribution in [3.63, 3.8) is 0 Å². The van der Waals surface area contributed by atoms with Gasteiger partial charge in [0.1, 0.15) is 5.78 Å². The Hall–Kier alpha value is -2.23. The molecule has 0 aliphatic carbocycles. The van der Waals surface area contributed by atoms with Crippen LogP contribution in [0.25, 0.3) is 0 Å². The average Bonchev–Trinajstić information content (AvgIpc) is 2.39. The van der Waals surface area contributed by atoms with Crippen LogP contribution < -0.4 is 10.6 Å². The summed E-state index contributed by atoms with van der Waals surface area (Å²) in [6, 6.07) is -0.984. The molecule has 1 fully saturated rings. The van der Waals surface area contributed by atoms with E-state index in [0.29, 0.717) is 12.1 Å². The quantitative estimate of drug-likeness (QED) is 0.719. The summed E-state index contributed by atoms with van der Waals surface area (Å²) in [7, 11) is 0. The van der Waals surface area contributed by atoms with Crippen molar-refractivity contribution in [3.05, 3.63) is 35.4 Å². The van der Waals surface area contributed by atoms with Crippen LogP contribution in [0.3, 0.4) is 0 Å². The van der Waals surface area contributed by atoms with E-state index in [1.807, 2.05) is 5.32 Å². The minimum atomic E-state index is -5.36. The van der Waals surface area contributed by atoms with Gasteiger partial charge in [-0.3, -0.25) is 4.79 Å². The zero-order chi connectivity index (χ0) is 17.6. The Labute approximate surface area is 126 Å². The van der Waals surface area contributed by atoms with Crippen LogP contribution in [-0.2, 0) is 4.79 Å². The molecule has 0 bridgehead atoms. The van der Waals surface area contributed by atoms with Gasteiger partial charge in [-0.05, 0) is 24.6 Å². The summed E-state index contributed by atoms with van der Waals surface area (Å²) in [5.74, 6) is -5.91. The molecule has 0 aromatic heterocycles. The highest BCUT2D eigenvalue weighted by molar-refractivity contribution is 5.86. The van der Waals surface area contributed by atoms with Gasteiger partial charge in [0.2, 0.25) is 5.72 Å². The molecule has 1 aliphatic rings. The molecule has 10 heteroatoms. The van der Waals surface area contributed by atoms with E-state index in [-0.39, 0.29) is 5.56 Å². The molecule has 2 amide bonds. The third-order valence-electron chi connectivity index (χ3n) is 3.55. The van der Waals surface area contributed by atoms with Crippen LogP contribution in [0.2, 0.25) is 0 Å². The normalized spacial score (nSPS) is 28.0. The predicted octanol–water partition coefficient (Wildman–Crippen LogP) is 1.77. The first kappa shape index (κ1) is 17.1. The van der Waals surface area contributed by atoms with E-state index in [4.69, 9.17) is 0 Å². The predicted molar refractivity (Wildman–Crippen MR) is 65.9 cm³/mol. The number of amides is 2. The largest absolute Gasteiger partial charge is 0.437 e. The summed E-state index contributed by atoms with van der Waals surface area (Å²) in [5.41, 5.74) is -4.13. The highest BCUT2D eigenvalue weighted by Crippen LogP contribution is 2.42. The molecular formula is C13H11F5N2O3. The van der Waals surface area contributed by atoms with Gasteiger partial charge in [-0.25, -0.2) is 13.6 Å². The monoisotopic (exact) mass is 338 g/mol. The Balaban J connectivity index is 2.58. The molecule has 23 heavy (non-hydrogen) atoms. The van der Waals surface area contributed by atoms with Crippen molar-refractivity contribution in [2.24, 2.45) is 5.92 Å². The SMILES string of the molecule is CC(=O)[C@@H]1[C@H](c2ccc(F)c(F)c2)NC(=O)N[C@]1(O)C(F)(F)F. The van der Waals surface area contributed by atoms with Crippen molar-refractivity contribution in [3.8, 4) is 0 Å². The lowest BCUT2D eigenvalue weighted by Crippen LogP contribution is -2.72. The molecule has 0 spiro atoms. The second kappa shape index (κ2) is 5.44. The van der Waals surface area contributed by atoms with Gasteiger partial charge < -0.3 is 15.7 Å². The number of urea groups is 1. The lowest BCUT2D eigenvalue weighted by atomic mass is 9.79. The van der Waals surface area contributed by atoms with Crippen LogP contribution in [-0.4, -0.2) is 28.8 Å². The average molecular weight is 338 g/mol. The van der Waals surface area contributed by atoms with Crippen molar-refractivity contribution >= 4 is 11.8 Å². The molecule has 0 radical (unpaired) electrons. The Kier molecular flexibility index (Phi) is 4.05. The number of carbonyl (C=O) groups excluding carboxylic acids is 2. The van der Waals surface area contributed by atoms with E-state index < -0.39 is 47.3 Å². The van der Waals surface area contributed by atoms with Crippen LogP contribution in [0.1, 0.15) is 18.5 Å². The summed E-state index contributed by atoms with van der Waals surface area (Å²) < 4.78 is 65.8. The van der Waals surface area contributed by atoms with Crippen molar-refractivity contribution in [2.45, 2.75) is 24.9 Å². The topological polar surface area (TPSA) is 78.4 Å². The molecule has 0 saturated carbocycles. The van der Waals surface area contributed by atoms with Gasteiger partial charge in [0, 0.05) is 0 Å². The number of hydrogen-bond donors (Lipinski definition) is 3. The molecule has 3 atom stereocenters. The summed E-state index contributed by atoms with van der Waals surface area (Å²) >= 11 is 0. The van der Waals surface area contributed by atoms with E-state index in [9.17, 15) is 36.6 Å². The minimum Gasteiger partial charge on any atom is -0.363 e. The van der Waals surface area contributed by atoms with Gasteiger partial charge in [-0.1, -0.05) is 6.07 Å². The molecule has 1 saturated heterocycles. The number of halogens is 5. The molecule has 126 valence electrons. The maximum atomic E-state index is 13.3. The van der Waals surface area contributed by atoms with Crippen LogP contribution >= 0.6 is 0 Å². The molecule has 5 nitrogen and oxygen atoms in total. The van der Waals surface area contributed by atoms with E-state index in [1.54, 1.807) is 0 Å². The molecule has 1 aromatic carbocycles. The number of carbonyl (C=O) groups is 2. The standard InChI is InChI=1S/C13H11F5N2O3/c1-5(21)9-10(6-2-3-7(14)8(15)4-6)19-11(22)20-12(9,23)13(16,17)18/h2-4,9-10,23H,1H3,(H2,19,20,22)/t9-,10+,12-/m1/s1. The smallest absolute Gasteiger partial charge is 0.363 e. The summed E-state index contributed by atoms with van der Waals surface area (Å²) in [6.07, 6.45) is -5.36. The van der Waals surface area contributed by atoms with E-state index in [2.05, 4.69) is 0 Å². The fourth-order valence-electron chi connectivity index (χ4n) is 2.51. The number of benzene rings is 1. The molecule has 0 unspecified atom stereocenters. The first-order valence-electron chi connectivity index (χ1n) is 6.30. The zero-order valence-electron chi connectivity index (χ0n) is 11.5. The summed E-state index contributed by atoms with van der Waals surface area (Å²) in [6.45, 7) is 0.785. The van der Waals surface area contributed by atoms with E-state index in [1.165, 1.54) is 5.32 Å². The first-order valence-corrected chi connectivity index (χ1v) is 6.30. The van der Waals surface area contributed by atoms with Crippen LogP contribution in [0.4, 0.5) is 26.7 Å². The number of rotatable bonds is 2. The molecular weight excluding hydrogens is 327 g/mol. The van der Waals surface area contributed by atoms with Gasteiger partial charge in [0.25, 0.3) is 0 Å². The van der Waals surface area contributed by atoms with Crippen molar-refractivity contribution in [2.75, 3.05) is 0 Å². The fraction of sp³-hybridized carbons (Fsp3) is 0.385. The number of hydrogen-bond acceptors (Lipinski definition) is 3. The van der Waals surface area contributed by atoms with Crippen molar-refractivity contribution in [1.82, 2.24) is 10.6 Å². The summed E-state index contributed by atoms with van der Waals surface area (Å²) in [4.78, 5) is 23.2. The Morgan fingerprint density at radius 2 is 1.87 bits per heavy atom. The third kappa shape index (κ3) is 2.85. The Morgan fingerprint density at radius 3 is 2.35 bits per heavy atom. The number of Topliss-reactive ketones (excluding diaryl/α,β-unsaturated/α-hetero) is 1. The summed E-state index contributed by atoms with van der Waals surface area (Å²) in [5, 5.41) is 13.2. The number of alkyl halides is 3. The number of aliphatic hydroxyl groups is 1. The Bertz CT molecular complexity index is 664. The van der Waals surface area contributed by atoms with Gasteiger partial charge in [0.05, 0.1) is 12.0 Å². The fourth-order valence-corrected chi connectivity index (χ4v) is 2.51. The lowest BCUT2D eigenvalue weighted by Gasteiger charge is -2.44. The molecule has 3 N–H and O–H groups in total. The first-order chi connectivity index (χ1) is 10.5. The minimum absolute atomic E-state index is 0.290.